The second-order valence-corrected chi connectivity index (χ2v) is 4.00. The van der Waals surface area contributed by atoms with Gasteiger partial charge in [0, 0.05) is 6.54 Å². The first kappa shape index (κ1) is 12.5. The Bertz CT molecular complexity index is 427. The van der Waals surface area contributed by atoms with Crippen molar-refractivity contribution in [3.8, 4) is 5.75 Å². The molecule has 0 heterocycles. The highest BCUT2D eigenvalue weighted by Gasteiger charge is 2.23. The van der Waals surface area contributed by atoms with Gasteiger partial charge in [-0.05, 0) is 49.1 Å². The molecule has 4 N–H and O–H groups in total. The van der Waals surface area contributed by atoms with Gasteiger partial charge < -0.3 is 15.9 Å². The molecule has 0 amide bonds. The summed E-state index contributed by atoms with van der Waals surface area (Å²) in [5.74, 6) is -1.45. The second kappa shape index (κ2) is 4.53. The summed E-state index contributed by atoms with van der Waals surface area (Å²) < 4.78 is 0. The van der Waals surface area contributed by atoms with Crippen LogP contribution < -0.4 is 5.73 Å². The molecule has 0 fully saturated rings. The number of rotatable bonds is 3. The summed E-state index contributed by atoms with van der Waals surface area (Å²) in [7, 11) is 0. The molecule has 0 aliphatic heterocycles. The number of phenolic OH excluding ortho intramolecular Hbond substituents is 1. The van der Waals surface area contributed by atoms with Crippen molar-refractivity contribution in [2.24, 2.45) is 5.73 Å². The van der Waals surface area contributed by atoms with E-state index in [0.29, 0.717) is 11.1 Å². The number of aryl methyl sites for hydroxylation is 1. The molecule has 0 spiro atoms. The van der Waals surface area contributed by atoms with Crippen LogP contribution in [-0.4, -0.2) is 22.7 Å². The molecule has 0 radical (unpaired) electrons. The van der Waals surface area contributed by atoms with Crippen LogP contribution in [0.15, 0.2) is 6.07 Å². The van der Waals surface area contributed by atoms with Gasteiger partial charge in [0.1, 0.15) is 5.75 Å². The quantitative estimate of drug-likeness (QED) is 0.724. The smallest absolute Gasteiger partial charge is 0.312 e. The van der Waals surface area contributed by atoms with Crippen molar-refractivity contribution >= 4 is 5.97 Å². The summed E-state index contributed by atoms with van der Waals surface area (Å²) in [6.07, 6.45) is 0. The summed E-state index contributed by atoms with van der Waals surface area (Å²) in [4.78, 5) is 11.1. The van der Waals surface area contributed by atoms with Gasteiger partial charge in [-0.2, -0.15) is 0 Å². The second-order valence-electron chi connectivity index (χ2n) is 4.00. The fourth-order valence-corrected chi connectivity index (χ4v) is 1.96. The molecule has 4 nitrogen and oxygen atoms in total. The van der Waals surface area contributed by atoms with E-state index in [-0.39, 0.29) is 12.3 Å². The molecule has 4 heteroatoms. The number of carboxylic acid groups (broad SMARTS) is 1. The Morgan fingerprint density at radius 2 is 1.94 bits per heavy atom. The molecule has 1 unspecified atom stereocenters. The number of carbonyl (C=O) groups is 1. The van der Waals surface area contributed by atoms with E-state index >= 15 is 0 Å². The molecule has 0 aliphatic rings. The fourth-order valence-electron chi connectivity index (χ4n) is 1.96. The third kappa shape index (κ3) is 2.02. The first-order valence-electron chi connectivity index (χ1n) is 5.12. The van der Waals surface area contributed by atoms with Crippen molar-refractivity contribution in [2.45, 2.75) is 26.7 Å². The minimum absolute atomic E-state index is 0.0568. The minimum Gasteiger partial charge on any atom is -0.508 e. The fraction of sp³-hybridized carbons (Fsp3) is 0.417. The summed E-state index contributed by atoms with van der Waals surface area (Å²) >= 11 is 0. The Morgan fingerprint density at radius 3 is 2.38 bits per heavy atom. The maximum Gasteiger partial charge on any atom is 0.312 e. The number of aromatic hydroxyl groups is 1. The maximum atomic E-state index is 11.1. The normalized spacial score (nSPS) is 12.5. The predicted octanol–water partition coefficient (Wildman–Crippen LogP) is 1.44. The topological polar surface area (TPSA) is 83.5 Å². The zero-order valence-corrected chi connectivity index (χ0v) is 9.74. The van der Waals surface area contributed by atoms with Gasteiger partial charge in [0.15, 0.2) is 0 Å². The Kier molecular flexibility index (Phi) is 3.55. The third-order valence-corrected chi connectivity index (χ3v) is 3.01. The van der Waals surface area contributed by atoms with Crippen LogP contribution in [0.5, 0.6) is 5.75 Å². The summed E-state index contributed by atoms with van der Waals surface area (Å²) in [6.45, 7) is 5.42. The monoisotopic (exact) mass is 223 g/mol. The van der Waals surface area contributed by atoms with Gasteiger partial charge in [0.2, 0.25) is 0 Å². The molecule has 0 saturated carbocycles. The molecule has 0 saturated heterocycles. The molecular weight excluding hydrogens is 206 g/mol. The largest absolute Gasteiger partial charge is 0.508 e. The highest BCUT2D eigenvalue weighted by molar-refractivity contribution is 5.78. The number of benzene rings is 1. The minimum atomic E-state index is -0.932. The Balaban J connectivity index is 3.43. The predicted molar refractivity (Wildman–Crippen MR) is 61.7 cm³/mol. The first-order chi connectivity index (χ1) is 7.40. The lowest BCUT2D eigenvalue weighted by atomic mass is 9.88. The number of nitrogens with two attached hydrogens (primary N) is 1. The molecule has 1 rings (SSSR count). The lowest BCUT2D eigenvalue weighted by Crippen LogP contribution is -2.23. The molecule has 16 heavy (non-hydrogen) atoms. The number of aliphatic carboxylic acids is 1. The van der Waals surface area contributed by atoms with Gasteiger partial charge in [0.25, 0.3) is 0 Å². The van der Waals surface area contributed by atoms with Crippen LogP contribution in [0.4, 0.5) is 0 Å². The molecule has 1 aromatic rings. The Hall–Kier alpha value is -1.55. The number of hydrogen-bond donors (Lipinski definition) is 3. The van der Waals surface area contributed by atoms with Crippen LogP contribution in [0, 0.1) is 20.8 Å². The number of carboxylic acids is 1. The summed E-state index contributed by atoms with van der Waals surface area (Å²) in [6, 6.07) is 1.59. The van der Waals surface area contributed by atoms with E-state index in [0.717, 1.165) is 11.1 Å². The molecule has 0 aliphatic carbocycles. The van der Waals surface area contributed by atoms with E-state index < -0.39 is 11.9 Å². The van der Waals surface area contributed by atoms with Gasteiger partial charge in [-0.1, -0.05) is 0 Å². The van der Waals surface area contributed by atoms with Crippen LogP contribution in [0.25, 0.3) is 0 Å². The Labute approximate surface area is 94.7 Å². The zero-order chi connectivity index (χ0) is 12.5. The molecule has 0 bridgehead atoms. The van der Waals surface area contributed by atoms with E-state index in [1.54, 1.807) is 19.9 Å². The molecule has 1 aromatic carbocycles. The van der Waals surface area contributed by atoms with E-state index in [1.165, 1.54) is 0 Å². The molecule has 0 aromatic heterocycles. The maximum absolute atomic E-state index is 11.1. The van der Waals surface area contributed by atoms with Crippen LogP contribution >= 0.6 is 0 Å². The number of hydrogen-bond acceptors (Lipinski definition) is 3. The van der Waals surface area contributed by atoms with Crippen molar-refractivity contribution in [1.29, 1.82) is 0 Å². The van der Waals surface area contributed by atoms with Crippen molar-refractivity contribution in [3.63, 3.8) is 0 Å². The van der Waals surface area contributed by atoms with E-state index in [2.05, 4.69) is 0 Å². The summed E-state index contributed by atoms with van der Waals surface area (Å²) in [5.41, 5.74) is 8.47. The van der Waals surface area contributed by atoms with Crippen LogP contribution in [0.1, 0.15) is 28.2 Å². The zero-order valence-electron chi connectivity index (χ0n) is 9.74. The van der Waals surface area contributed by atoms with Gasteiger partial charge in [0.05, 0.1) is 5.92 Å². The van der Waals surface area contributed by atoms with E-state index in [1.807, 2.05) is 6.92 Å². The van der Waals surface area contributed by atoms with Crippen LogP contribution in [0.2, 0.25) is 0 Å². The van der Waals surface area contributed by atoms with E-state index in [4.69, 9.17) is 10.8 Å². The number of phenols is 1. The first-order valence-corrected chi connectivity index (χ1v) is 5.12. The van der Waals surface area contributed by atoms with Crippen LogP contribution in [-0.2, 0) is 4.79 Å². The van der Waals surface area contributed by atoms with Gasteiger partial charge in [-0.15, -0.1) is 0 Å². The van der Waals surface area contributed by atoms with Crippen molar-refractivity contribution in [1.82, 2.24) is 0 Å². The van der Waals surface area contributed by atoms with E-state index in [9.17, 15) is 9.90 Å². The third-order valence-electron chi connectivity index (χ3n) is 3.01. The standard InChI is InChI=1S/C12H17NO3/c1-6-4-10(14)7(2)8(3)11(6)9(5-13)12(15)16/h4,9,14H,5,13H2,1-3H3,(H,15,16). The highest BCUT2D eigenvalue weighted by Crippen LogP contribution is 2.31. The molecule has 88 valence electrons. The SMILES string of the molecule is Cc1cc(O)c(C)c(C)c1C(CN)C(=O)O. The molecule has 1 atom stereocenters. The van der Waals surface area contributed by atoms with Crippen molar-refractivity contribution in [2.75, 3.05) is 6.54 Å². The summed E-state index contributed by atoms with van der Waals surface area (Å²) in [5, 5.41) is 18.7. The van der Waals surface area contributed by atoms with Crippen LogP contribution in [0.3, 0.4) is 0 Å². The van der Waals surface area contributed by atoms with Crippen molar-refractivity contribution < 1.29 is 15.0 Å². The van der Waals surface area contributed by atoms with Gasteiger partial charge >= 0.3 is 5.97 Å². The van der Waals surface area contributed by atoms with Gasteiger partial charge in [-0.25, -0.2) is 0 Å². The average Bonchev–Trinajstić information content (AvgIpc) is 2.20. The van der Waals surface area contributed by atoms with Crippen molar-refractivity contribution in [3.05, 3.63) is 28.3 Å². The lowest BCUT2D eigenvalue weighted by Gasteiger charge is -2.18. The molecular formula is C12H17NO3. The average molecular weight is 223 g/mol. The van der Waals surface area contributed by atoms with Gasteiger partial charge in [-0.3, -0.25) is 4.79 Å². The Morgan fingerprint density at radius 1 is 1.38 bits per heavy atom. The highest BCUT2D eigenvalue weighted by atomic mass is 16.4. The lowest BCUT2D eigenvalue weighted by molar-refractivity contribution is -0.138.